The summed E-state index contributed by atoms with van der Waals surface area (Å²) in [4.78, 5) is 0. The van der Waals surface area contributed by atoms with E-state index in [9.17, 15) is 0 Å². The van der Waals surface area contributed by atoms with Crippen molar-refractivity contribution in [1.29, 1.82) is 0 Å². The van der Waals surface area contributed by atoms with Gasteiger partial charge in [0.15, 0.2) is 0 Å². The van der Waals surface area contributed by atoms with Crippen LogP contribution in [-0.2, 0) is 34.1 Å². The normalized spacial score (nSPS) is 0. The molecular weight excluding hydrogens is 785 g/mol. The Morgan fingerprint density at radius 3 is 0.400 bits per heavy atom. The fourth-order valence-electron chi connectivity index (χ4n) is 0. The van der Waals surface area contributed by atoms with Crippen molar-refractivity contribution < 1.29 is 260 Å². The van der Waals surface area contributed by atoms with Gasteiger partial charge in [-0.15, -0.1) is 0 Å². The van der Waals surface area contributed by atoms with Crippen molar-refractivity contribution in [3.63, 3.8) is 0 Å². The number of hydrogen-bond donors (Lipinski definition) is 0. The molecule has 0 aromatic heterocycles. The second kappa shape index (κ2) is 69.4. The molecule has 0 heterocycles. The first kappa shape index (κ1) is 83.2. The maximum absolute atomic E-state index is 0. The van der Waals surface area contributed by atoms with Crippen LogP contribution in [0.2, 0.25) is 0 Å². The van der Waals surface area contributed by atoms with Gasteiger partial charge >= 0.3 is 151 Å². The van der Waals surface area contributed by atoms with Gasteiger partial charge in [0.25, 0.3) is 0 Å². The maximum atomic E-state index is 0. The van der Waals surface area contributed by atoms with Crippen LogP contribution < -0.4 is 226 Å². The predicted molar refractivity (Wildman–Crippen MR) is 0 cm³/mol. The molecule has 0 N–H and O–H groups in total. The van der Waals surface area contributed by atoms with Gasteiger partial charge in [0.1, 0.15) is 0 Å². The Morgan fingerprint density at radius 2 is 0.400 bits per heavy atom. The minimum atomic E-state index is 0. The van der Waals surface area contributed by atoms with Crippen molar-refractivity contribution in [1.82, 2.24) is 0 Å². The maximum Gasteiger partial charge on any atom is 2.00 e. The van der Waals surface area contributed by atoms with Crippen molar-refractivity contribution in [3.8, 4) is 0 Å². The van der Waals surface area contributed by atoms with Crippen LogP contribution in [0.15, 0.2) is 0 Å². The van der Waals surface area contributed by atoms with Crippen LogP contribution in [0.1, 0.15) is 0 Å². The van der Waals surface area contributed by atoms with E-state index in [2.05, 4.69) is 0 Å². The topological polar surface area (TPSA) is 0 Å². The van der Waals surface area contributed by atoms with Crippen LogP contribution in [0.3, 0.4) is 0 Å². The van der Waals surface area contributed by atoms with Crippen molar-refractivity contribution in [2.24, 2.45) is 0 Å². The van der Waals surface area contributed by atoms with E-state index < -0.39 is 0 Å². The van der Waals surface area contributed by atoms with Gasteiger partial charge in [-0.3, -0.25) is 0 Å². The van der Waals surface area contributed by atoms with Crippen molar-refractivity contribution in [3.05, 3.63) is 0 Å². The summed E-state index contributed by atoms with van der Waals surface area (Å²) >= 11 is 0. The average Bonchev–Trinajstić information content (AvgIpc) is 0. The average molecular weight is 785 g/mol. The van der Waals surface area contributed by atoms with Gasteiger partial charge in [0.2, 0.25) is 0 Å². The molecule has 2 radical (unpaired) electrons. The third kappa shape index (κ3) is 57.2. The molecule has 0 fully saturated rings. The van der Waals surface area contributed by atoms with Crippen molar-refractivity contribution in [2.75, 3.05) is 0 Å². The third-order valence-corrected chi connectivity index (χ3v) is 0. The summed E-state index contributed by atoms with van der Waals surface area (Å²) in [5.74, 6) is 0. The zero-order valence-corrected chi connectivity index (χ0v) is 25.3. The van der Waals surface area contributed by atoms with Crippen LogP contribution in [0.25, 0.3) is 0 Å². The van der Waals surface area contributed by atoms with Gasteiger partial charge in [0.05, 0.1) is 0 Å². The Balaban J connectivity index is 0. The second-order valence-electron chi connectivity index (χ2n) is 0. The Morgan fingerprint density at radius 1 is 0.400 bits per heavy atom. The fraction of sp³-hybridized carbons (Fsp3) is 0. The standard InChI is InChI=1S/3ClH.2Cu.3HI.2Rb/h3*1H;;;3*1H;;/q;;;2*+2;;;;2*+1/p-6. The summed E-state index contributed by atoms with van der Waals surface area (Å²) in [5, 5.41) is 0. The summed E-state index contributed by atoms with van der Waals surface area (Å²) in [7, 11) is 0. The summed E-state index contributed by atoms with van der Waals surface area (Å²) in [6.45, 7) is 0. The molecule has 0 atom stereocenters. The van der Waals surface area contributed by atoms with Crippen LogP contribution in [0.5, 0.6) is 0 Å². The summed E-state index contributed by atoms with van der Waals surface area (Å²) in [6.07, 6.45) is 0. The molecule has 0 bridgehead atoms. The summed E-state index contributed by atoms with van der Waals surface area (Å²) in [5.41, 5.74) is 0. The monoisotopic (exact) mass is 781 g/mol. The van der Waals surface area contributed by atoms with Gasteiger partial charge in [-0.1, -0.05) is 0 Å². The largest absolute Gasteiger partial charge is 2.00 e. The van der Waals surface area contributed by atoms with Gasteiger partial charge < -0.3 is 109 Å². The number of rotatable bonds is 0. The molecule has 0 spiro atoms. The first-order chi connectivity index (χ1) is 0. The SMILES string of the molecule is [Cl-].[Cl-].[Cl-].[Cu+2].[Cu+2].[I-].[I-].[I-].[Rb+].[Rb+]. The molecule has 66 valence electrons. The first-order valence-corrected chi connectivity index (χ1v) is 0. The molecule has 0 aliphatic heterocycles. The minimum absolute atomic E-state index is 0. The molecule has 0 amide bonds. The molecule has 0 saturated carbocycles. The Kier molecular flexibility index (Phi) is 577. The first-order valence-electron chi connectivity index (χ1n) is 0. The van der Waals surface area contributed by atoms with Gasteiger partial charge in [-0.05, 0) is 0 Å². The molecule has 0 aromatic carbocycles. The van der Waals surface area contributed by atoms with Crippen LogP contribution in [0, 0.1) is 0 Å². The number of hydrogen-bond acceptors (Lipinski definition) is 0. The molecule has 10 heavy (non-hydrogen) atoms. The zero-order chi connectivity index (χ0) is 0. The molecule has 0 rings (SSSR count). The Bertz CT molecular complexity index is 19.7. The Hall–Kier alpha value is 7.71. The molecule has 0 unspecified atom stereocenters. The van der Waals surface area contributed by atoms with Gasteiger partial charge in [-0.25, -0.2) is 0 Å². The summed E-state index contributed by atoms with van der Waals surface area (Å²) < 4.78 is 0. The molecule has 10 heteroatoms. The van der Waals surface area contributed by atoms with E-state index in [0.29, 0.717) is 0 Å². The van der Waals surface area contributed by atoms with Crippen molar-refractivity contribution in [2.45, 2.75) is 0 Å². The van der Waals surface area contributed by atoms with E-state index in [1.54, 1.807) is 0 Å². The molecule has 0 aliphatic carbocycles. The van der Waals surface area contributed by atoms with Crippen LogP contribution in [-0.4, -0.2) is 0 Å². The molecule has 0 aromatic rings. The fourth-order valence-corrected chi connectivity index (χ4v) is 0. The predicted octanol–water partition coefficient (Wildman–Crippen LogP) is -24.0. The van der Waals surface area contributed by atoms with Crippen molar-refractivity contribution >= 4 is 0 Å². The molecular formula is Cl3Cu2I3Rb2. The smallest absolute Gasteiger partial charge is 1.00 e. The molecule has 0 aliphatic rings. The van der Waals surface area contributed by atoms with Crippen LogP contribution in [0.4, 0.5) is 0 Å². The molecule has 0 saturated heterocycles. The van der Waals surface area contributed by atoms with E-state index in [1.165, 1.54) is 0 Å². The Labute approximate surface area is 251 Å². The van der Waals surface area contributed by atoms with E-state index in [-0.39, 0.29) is 260 Å². The van der Waals surface area contributed by atoms with Gasteiger partial charge in [-0.2, -0.15) is 0 Å². The van der Waals surface area contributed by atoms with E-state index in [0.717, 1.165) is 0 Å². The van der Waals surface area contributed by atoms with E-state index in [1.807, 2.05) is 0 Å². The van der Waals surface area contributed by atoms with Crippen LogP contribution >= 0.6 is 0 Å². The van der Waals surface area contributed by atoms with E-state index >= 15 is 0 Å². The number of halogens is 6. The van der Waals surface area contributed by atoms with Gasteiger partial charge in [0, 0.05) is 0 Å². The minimum Gasteiger partial charge on any atom is -1.00 e. The second-order valence-corrected chi connectivity index (χ2v) is 0. The summed E-state index contributed by atoms with van der Waals surface area (Å²) in [6, 6.07) is 0. The van der Waals surface area contributed by atoms with E-state index in [4.69, 9.17) is 0 Å². The molecule has 0 nitrogen and oxygen atoms in total. The third-order valence-electron chi connectivity index (χ3n) is 0. The quantitative estimate of drug-likeness (QED) is 0.170. The zero-order valence-electron chi connectivity index (χ0n) is 4.87.